The molecule has 0 radical (unpaired) electrons. The summed E-state index contributed by atoms with van der Waals surface area (Å²) in [7, 11) is 4.30. The lowest BCUT2D eigenvalue weighted by molar-refractivity contribution is 0.184. The predicted molar refractivity (Wildman–Crippen MR) is 62.6 cm³/mol. The van der Waals surface area contributed by atoms with Crippen LogP contribution in [-0.2, 0) is 0 Å². The molecule has 0 aliphatic heterocycles. The highest BCUT2D eigenvalue weighted by molar-refractivity contribution is 4.85. The van der Waals surface area contributed by atoms with Crippen molar-refractivity contribution in [3.05, 3.63) is 0 Å². The predicted octanol–water partition coefficient (Wildman–Crippen LogP) is 2.10. The fraction of sp³-hybridized carbons (Fsp3) is 1.00. The Morgan fingerprint density at radius 2 is 1.93 bits per heavy atom. The largest absolute Gasteiger partial charge is 0.312 e. The van der Waals surface area contributed by atoms with Crippen LogP contribution in [0.4, 0.5) is 0 Å². The van der Waals surface area contributed by atoms with Crippen molar-refractivity contribution in [3.63, 3.8) is 0 Å². The van der Waals surface area contributed by atoms with E-state index in [1.54, 1.807) is 0 Å². The van der Waals surface area contributed by atoms with E-state index in [9.17, 15) is 0 Å². The molecule has 0 heterocycles. The highest BCUT2D eigenvalue weighted by Gasteiger charge is 2.25. The lowest BCUT2D eigenvalue weighted by atomic mass is 10.0. The SMILES string of the molecule is CC1CCC(NCC(C)(C)N(C)C)C1. The van der Waals surface area contributed by atoms with Gasteiger partial charge < -0.3 is 10.2 Å². The first kappa shape index (κ1) is 12.0. The highest BCUT2D eigenvalue weighted by Crippen LogP contribution is 2.25. The van der Waals surface area contributed by atoms with E-state index in [4.69, 9.17) is 0 Å². The van der Waals surface area contributed by atoms with Crippen LogP contribution in [0.15, 0.2) is 0 Å². The lowest BCUT2D eigenvalue weighted by Gasteiger charge is -2.34. The minimum absolute atomic E-state index is 0.270. The molecule has 1 rings (SSSR count). The lowest BCUT2D eigenvalue weighted by Crippen LogP contribution is -2.48. The molecular weight excluding hydrogens is 172 g/mol. The van der Waals surface area contributed by atoms with Gasteiger partial charge in [0.2, 0.25) is 0 Å². The molecular formula is C12H26N2. The van der Waals surface area contributed by atoms with Crippen molar-refractivity contribution in [2.24, 2.45) is 5.92 Å². The van der Waals surface area contributed by atoms with Gasteiger partial charge in [0.15, 0.2) is 0 Å². The van der Waals surface area contributed by atoms with Crippen molar-refractivity contribution in [1.82, 2.24) is 10.2 Å². The van der Waals surface area contributed by atoms with Gasteiger partial charge in [-0.1, -0.05) is 6.92 Å². The average Bonchev–Trinajstić information content (AvgIpc) is 2.48. The Kier molecular flexibility index (Phi) is 3.96. The molecule has 2 heteroatoms. The van der Waals surface area contributed by atoms with Crippen molar-refractivity contribution in [2.75, 3.05) is 20.6 Å². The second kappa shape index (κ2) is 4.63. The fourth-order valence-corrected chi connectivity index (χ4v) is 1.94. The summed E-state index contributed by atoms with van der Waals surface area (Å²) in [5.41, 5.74) is 0.270. The highest BCUT2D eigenvalue weighted by atomic mass is 15.2. The molecule has 1 N–H and O–H groups in total. The smallest absolute Gasteiger partial charge is 0.0271 e. The number of likely N-dealkylation sites (N-methyl/N-ethyl adjacent to an activating group) is 1. The third-order valence-corrected chi connectivity index (χ3v) is 3.73. The van der Waals surface area contributed by atoms with Crippen LogP contribution < -0.4 is 5.32 Å². The topological polar surface area (TPSA) is 15.3 Å². The zero-order chi connectivity index (χ0) is 10.8. The third kappa shape index (κ3) is 3.25. The second-order valence-electron chi connectivity index (χ2n) is 5.70. The molecule has 0 aromatic heterocycles. The number of nitrogens with zero attached hydrogens (tertiary/aromatic N) is 1. The molecule has 1 aliphatic carbocycles. The summed E-state index contributed by atoms with van der Waals surface area (Å²) < 4.78 is 0. The maximum Gasteiger partial charge on any atom is 0.0271 e. The molecule has 0 saturated heterocycles. The van der Waals surface area contributed by atoms with Gasteiger partial charge in [0.05, 0.1) is 0 Å². The standard InChI is InChI=1S/C12H26N2/c1-10-6-7-11(8-10)13-9-12(2,3)14(4)5/h10-11,13H,6-9H2,1-5H3. The Labute approximate surface area is 89.1 Å². The van der Waals surface area contributed by atoms with Crippen LogP contribution in [0.3, 0.4) is 0 Å². The van der Waals surface area contributed by atoms with Crippen LogP contribution in [-0.4, -0.2) is 37.1 Å². The molecule has 0 bridgehead atoms. The average molecular weight is 198 g/mol. The first-order valence-corrected chi connectivity index (χ1v) is 5.82. The van der Waals surface area contributed by atoms with Crippen LogP contribution >= 0.6 is 0 Å². The van der Waals surface area contributed by atoms with Gasteiger partial charge in [0.25, 0.3) is 0 Å². The monoisotopic (exact) mass is 198 g/mol. The first-order chi connectivity index (χ1) is 6.42. The van der Waals surface area contributed by atoms with E-state index in [1.807, 2.05) is 0 Å². The van der Waals surface area contributed by atoms with Crippen molar-refractivity contribution in [2.45, 2.75) is 51.6 Å². The van der Waals surface area contributed by atoms with Crippen LogP contribution in [0.25, 0.3) is 0 Å². The molecule has 2 atom stereocenters. The Balaban J connectivity index is 2.26. The number of hydrogen-bond acceptors (Lipinski definition) is 2. The molecule has 84 valence electrons. The first-order valence-electron chi connectivity index (χ1n) is 5.82. The van der Waals surface area contributed by atoms with Crippen LogP contribution in [0.2, 0.25) is 0 Å². The molecule has 1 saturated carbocycles. The van der Waals surface area contributed by atoms with E-state index < -0.39 is 0 Å². The van der Waals surface area contributed by atoms with E-state index >= 15 is 0 Å². The van der Waals surface area contributed by atoms with Crippen LogP contribution in [0.1, 0.15) is 40.0 Å². The summed E-state index contributed by atoms with van der Waals surface area (Å²) in [4.78, 5) is 2.29. The molecule has 0 amide bonds. The van der Waals surface area contributed by atoms with E-state index in [1.165, 1.54) is 19.3 Å². The van der Waals surface area contributed by atoms with Gasteiger partial charge in [-0.15, -0.1) is 0 Å². The maximum absolute atomic E-state index is 3.69. The van der Waals surface area contributed by atoms with Crippen molar-refractivity contribution >= 4 is 0 Å². The van der Waals surface area contributed by atoms with Gasteiger partial charge in [-0.2, -0.15) is 0 Å². The second-order valence-corrected chi connectivity index (χ2v) is 5.70. The van der Waals surface area contributed by atoms with Crippen LogP contribution in [0, 0.1) is 5.92 Å². The van der Waals surface area contributed by atoms with Gasteiger partial charge in [-0.25, -0.2) is 0 Å². The maximum atomic E-state index is 3.69. The minimum Gasteiger partial charge on any atom is -0.312 e. The summed E-state index contributed by atoms with van der Waals surface area (Å²) in [6.45, 7) is 8.03. The molecule has 2 unspecified atom stereocenters. The van der Waals surface area contributed by atoms with Crippen molar-refractivity contribution in [3.8, 4) is 0 Å². The van der Waals surface area contributed by atoms with E-state index in [-0.39, 0.29) is 5.54 Å². The Morgan fingerprint density at radius 1 is 1.29 bits per heavy atom. The molecule has 1 fully saturated rings. The summed E-state index contributed by atoms with van der Waals surface area (Å²) in [5.74, 6) is 0.926. The summed E-state index contributed by atoms with van der Waals surface area (Å²) in [5, 5.41) is 3.69. The molecule has 14 heavy (non-hydrogen) atoms. The van der Waals surface area contributed by atoms with Crippen molar-refractivity contribution < 1.29 is 0 Å². The zero-order valence-corrected chi connectivity index (χ0v) is 10.4. The Bertz CT molecular complexity index is 175. The summed E-state index contributed by atoms with van der Waals surface area (Å²) in [6, 6.07) is 0.768. The summed E-state index contributed by atoms with van der Waals surface area (Å²) in [6.07, 6.45) is 4.13. The number of rotatable bonds is 4. The van der Waals surface area contributed by atoms with Gasteiger partial charge in [-0.3, -0.25) is 0 Å². The molecule has 0 aromatic rings. The quantitative estimate of drug-likeness (QED) is 0.744. The van der Waals surface area contributed by atoms with Gasteiger partial charge in [0, 0.05) is 18.1 Å². The minimum atomic E-state index is 0.270. The van der Waals surface area contributed by atoms with Gasteiger partial charge in [0.1, 0.15) is 0 Å². The van der Waals surface area contributed by atoms with Gasteiger partial charge in [-0.05, 0) is 53.1 Å². The molecule has 0 spiro atoms. The number of nitrogens with one attached hydrogen (secondary N) is 1. The normalized spacial score (nSPS) is 28.7. The number of hydrogen-bond donors (Lipinski definition) is 1. The van der Waals surface area contributed by atoms with E-state index in [2.05, 4.69) is 45.1 Å². The van der Waals surface area contributed by atoms with E-state index in [0.717, 1.165) is 18.5 Å². The molecule has 2 nitrogen and oxygen atoms in total. The Hall–Kier alpha value is -0.0800. The van der Waals surface area contributed by atoms with E-state index in [0.29, 0.717) is 0 Å². The third-order valence-electron chi connectivity index (χ3n) is 3.73. The van der Waals surface area contributed by atoms with Gasteiger partial charge >= 0.3 is 0 Å². The fourth-order valence-electron chi connectivity index (χ4n) is 1.94. The van der Waals surface area contributed by atoms with Crippen molar-refractivity contribution in [1.29, 1.82) is 0 Å². The molecule has 0 aromatic carbocycles. The summed E-state index contributed by atoms with van der Waals surface area (Å²) >= 11 is 0. The molecule has 1 aliphatic rings. The van der Waals surface area contributed by atoms with Crippen LogP contribution in [0.5, 0.6) is 0 Å². The zero-order valence-electron chi connectivity index (χ0n) is 10.4. The Morgan fingerprint density at radius 3 is 2.36 bits per heavy atom.